The molecule has 0 spiro atoms. The number of aliphatic imine (C=N–C) groups is 1. The predicted octanol–water partition coefficient (Wildman–Crippen LogP) is 3.15. The van der Waals surface area contributed by atoms with Crippen molar-refractivity contribution in [3.05, 3.63) is 52.2 Å². The molecule has 122 valence electrons. The van der Waals surface area contributed by atoms with E-state index in [0.717, 1.165) is 5.06 Å². The zero-order valence-corrected chi connectivity index (χ0v) is 13.8. The Labute approximate surface area is 144 Å². The van der Waals surface area contributed by atoms with Crippen molar-refractivity contribution in [2.45, 2.75) is 0 Å². The van der Waals surface area contributed by atoms with Crippen LogP contribution < -0.4 is 5.32 Å². The first-order chi connectivity index (χ1) is 11.1. The summed E-state index contributed by atoms with van der Waals surface area (Å²) in [6.45, 7) is 1.93. The van der Waals surface area contributed by atoms with Crippen LogP contribution in [0.1, 0.15) is 0 Å². The van der Waals surface area contributed by atoms with Crippen LogP contribution >= 0.6 is 23.2 Å². The molecule has 1 aromatic carbocycles. The van der Waals surface area contributed by atoms with Crippen molar-refractivity contribution in [1.82, 2.24) is 10.1 Å². The minimum absolute atomic E-state index is 0.241. The Hall–Kier alpha value is -1.73. The molecule has 0 fully saturated rings. The summed E-state index contributed by atoms with van der Waals surface area (Å²) in [7, 11) is 0. The third-order valence-electron chi connectivity index (χ3n) is 3.40. The molecule has 0 atom stereocenters. The van der Waals surface area contributed by atoms with Crippen LogP contribution in [-0.2, 0) is 4.84 Å². The third-order valence-corrected chi connectivity index (χ3v) is 4.22. The van der Waals surface area contributed by atoms with Crippen LogP contribution in [0, 0.1) is 0 Å². The number of hydrogen-bond donors (Lipinski definition) is 2. The van der Waals surface area contributed by atoms with Gasteiger partial charge in [-0.1, -0.05) is 41.4 Å². The van der Waals surface area contributed by atoms with Crippen molar-refractivity contribution in [3.8, 4) is 0 Å². The van der Waals surface area contributed by atoms with Crippen LogP contribution in [0.2, 0.25) is 10.0 Å². The lowest BCUT2D eigenvalue weighted by atomic mass is 10.3. The molecule has 0 aromatic heterocycles. The highest BCUT2D eigenvalue weighted by molar-refractivity contribution is 6.44. The topological polar surface area (TPSA) is 60.3 Å². The summed E-state index contributed by atoms with van der Waals surface area (Å²) in [4.78, 5) is 10.1. The van der Waals surface area contributed by atoms with E-state index in [0.29, 0.717) is 47.0 Å². The first kappa shape index (κ1) is 16.1. The number of allylic oxidation sites excluding steroid dienone is 2. The van der Waals surface area contributed by atoms with Crippen molar-refractivity contribution < 1.29 is 10.0 Å². The van der Waals surface area contributed by atoms with Gasteiger partial charge in [-0.15, -0.1) is 0 Å². The summed E-state index contributed by atoms with van der Waals surface area (Å²) in [5.74, 6) is 0.561. The summed E-state index contributed by atoms with van der Waals surface area (Å²) in [6.07, 6.45) is 5.54. The lowest BCUT2D eigenvalue weighted by Gasteiger charge is -2.25. The van der Waals surface area contributed by atoms with Crippen molar-refractivity contribution in [1.29, 1.82) is 0 Å². The number of benzene rings is 1. The maximum Gasteiger partial charge on any atom is 0.223 e. The molecule has 1 aromatic rings. The normalized spacial score (nSPS) is 17.3. The van der Waals surface area contributed by atoms with Crippen LogP contribution in [0.15, 0.2) is 47.1 Å². The summed E-state index contributed by atoms with van der Waals surface area (Å²) >= 11 is 12.2. The molecule has 0 saturated carbocycles. The molecule has 2 aliphatic heterocycles. The van der Waals surface area contributed by atoms with E-state index in [1.165, 1.54) is 0 Å². The van der Waals surface area contributed by atoms with Gasteiger partial charge in [0.15, 0.2) is 0 Å². The van der Waals surface area contributed by atoms with Gasteiger partial charge in [-0.3, -0.25) is 15.1 Å². The van der Waals surface area contributed by atoms with Gasteiger partial charge in [0, 0.05) is 0 Å². The molecule has 2 aliphatic rings. The highest BCUT2D eigenvalue weighted by atomic mass is 35.5. The number of anilines is 1. The lowest BCUT2D eigenvalue weighted by Crippen LogP contribution is -2.35. The van der Waals surface area contributed by atoms with Crippen molar-refractivity contribution in [2.24, 2.45) is 4.99 Å². The van der Waals surface area contributed by atoms with E-state index in [1.807, 2.05) is 18.2 Å². The molecule has 2 N–H and O–H groups in total. The molecule has 0 bridgehead atoms. The third kappa shape index (κ3) is 3.79. The molecule has 0 aliphatic carbocycles. The van der Waals surface area contributed by atoms with Crippen molar-refractivity contribution >= 4 is 34.8 Å². The van der Waals surface area contributed by atoms with Gasteiger partial charge >= 0.3 is 0 Å². The van der Waals surface area contributed by atoms with Gasteiger partial charge in [-0.05, 0) is 18.2 Å². The SMILES string of the molecule is ON1CC=CC=C1CON1CCN=C1Nc1cccc(Cl)c1Cl. The Balaban J connectivity index is 1.63. The van der Waals surface area contributed by atoms with E-state index in [2.05, 4.69) is 10.3 Å². The summed E-state index contributed by atoms with van der Waals surface area (Å²) in [6, 6.07) is 5.34. The number of rotatable bonds is 4. The highest BCUT2D eigenvalue weighted by Gasteiger charge is 2.20. The Morgan fingerprint density at radius 1 is 1.35 bits per heavy atom. The van der Waals surface area contributed by atoms with Crippen LogP contribution in [0.25, 0.3) is 0 Å². The number of hydroxylamine groups is 4. The second kappa shape index (κ2) is 7.23. The Morgan fingerprint density at radius 3 is 3.04 bits per heavy atom. The standard InChI is InChI=1S/C15H16Cl2N4O2/c16-12-5-3-6-13(14(12)17)19-15-18-7-9-21(15)23-10-11-4-1-2-8-20(11)22/h1-6,22H,7-10H2,(H,18,19). The van der Waals surface area contributed by atoms with Gasteiger partial charge in [0.05, 0.1) is 41.1 Å². The van der Waals surface area contributed by atoms with E-state index < -0.39 is 0 Å². The molecule has 0 amide bonds. The Morgan fingerprint density at radius 2 is 2.22 bits per heavy atom. The molecular formula is C15H16Cl2N4O2. The van der Waals surface area contributed by atoms with E-state index in [9.17, 15) is 5.21 Å². The smallest absolute Gasteiger partial charge is 0.223 e. The first-order valence-electron chi connectivity index (χ1n) is 7.13. The van der Waals surface area contributed by atoms with Crippen molar-refractivity contribution in [3.63, 3.8) is 0 Å². The average Bonchev–Trinajstić information content (AvgIpc) is 2.98. The number of guanidine groups is 1. The molecule has 6 nitrogen and oxygen atoms in total. The molecule has 2 heterocycles. The fourth-order valence-corrected chi connectivity index (χ4v) is 2.54. The van der Waals surface area contributed by atoms with Gasteiger partial charge in [0.2, 0.25) is 5.96 Å². The van der Waals surface area contributed by atoms with Gasteiger partial charge in [-0.25, -0.2) is 10.1 Å². The first-order valence-corrected chi connectivity index (χ1v) is 7.89. The average molecular weight is 355 g/mol. The number of hydrogen-bond acceptors (Lipinski definition) is 6. The van der Waals surface area contributed by atoms with E-state index in [1.54, 1.807) is 23.3 Å². The minimum atomic E-state index is 0.241. The predicted molar refractivity (Wildman–Crippen MR) is 90.8 cm³/mol. The summed E-state index contributed by atoms with van der Waals surface area (Å²) in [5, 5.41) is 16.6. The molecule has 0 radical (unpaired) electrons. The van der Waals surface area contributed by atoms with E-state index in [4.69, 9.17) is 28.0 Å². The number of nitrogens with one attached hydrogen (secondary N) is 1. The number of nitrogens with zero attached hydrogens (tertiary/aromatic N) is 3. The summed E-state index contributed by atoms with van der Waals surface area (Å²) in [5.41, 5.74) is 1.34. The second-order valence-corrected chi connectivity index (χ2v) is 5.76. The molecular weight excluding hydrogens is 339 g/mol. The minimum Gasteiger partial charge on any atom is -0.323 e. The maximum atomic E-state index is 9.75. The Bertz CT molecular complexity index is 675. The second-order valence-electron chi connectivity index (χ2n) is 4.98. The van der Waals surface area contributed by atoms with E-state index >= 15 is 0 Å². The van der Waals surface area contributed by atoms with Gasteiger partial charge in [0.1, 0.15) is 6.61 Å². The summed E-state index contributed by atoms with van der Waals surface area (Å²) < 4.78 is 0. The molecule has 8 heteroatoms. The lowest BCUT2D eigenvalue weighted by molar-refractivity contribution is -0.114. The fourth-order valence-electron chi connectivity index (χ4n) is 2.19. The zero-order valence-electron chi connectivity index (χ0n) is 12.2. The van der Waals surface area contributed by atoms with E-state index in [-0.39, 0.29) is 6.61 Å². The number of halogens is 2. The fraction of sp³-hybridized carbons (Fsp3) is 0.267. The van der Waals surface area contributed by atoms with Gasteiger partial charge < -0.3 is 5.32 Å². The monoisotopic (exact) mass is 354 g/mol. The Kier molecular flexibility index (Phi) is 5.07. The van der Waals surface area contributed by atoms with Crippen molar-refractivity contribution in [2.75, 3.05) is 31.6 Å². The van der Waals surface area contributed by atoms with Gasteiger partial charge in [0.25, 0.3) is 0 Å². The molecule has 23 heavy (non-hydrogen) atoms. The highest BCUT2D eigenvalue weighted by Crippen LogP contribution is 2.30. The largest absolute Gasteiger partial charge is 0.323 e. The quantitative estimate of drug-likeness (QED) is 0.869. The molecule has 0 unspecified atom stereocenters. The molecule has 0 saturated heterocycles. The van der Waals surface area contributed by atoms with Crippen LogP contribution in [0.5, 0.6) is 0 Å². The van der Waals surface area contributed by atoms with Crippen LogP contribution in [0.3, 0.4) is 0 Å². The molecule has 3 rings (SSSR count). The zero-order chi connectivity index (χ0) is 16.2. The van der Waals surface area contributed by atoms with Gasteiger partial charge in [-0.2, -0.15) is 0 Å². The maximum absolute atomic E-state index is 9.75. The van der Waals surface area contributed by atoms with Crippen LogP contribution in [0.4, 0.5) is 5.69 Å². The van der Waals surface area contributed by atoms with Crippen LogP contribution in [-0.4, -0.2) is 47.5 Å².